The molecular formula is C24H31ClN4O2. The molecule has 166 valence electrons. The molecule has 1 amide bonds. The number of piperidine rings is 1. The van der Waals surface area contributed by atoms with Gasteiger partial charge in [-0.05, 0) is 69.3 Å². The predicted octanol–water partition coefficient (Wildman–Crippen LogP) is 3.97. The highest BCUT2D eigenvalue weighted by Gasteiger charge is 2.59. The van der Waals surface area contributed by atoms with Gasteiger partial charge in [-0.3, -0.25) is 14.8 Å². The number of hydrogen-bond donors (Lipinski definition) is 1. The maximum absolute atomic E-state index is 13.1. The first-order valence-corrected chi connectivity index (χ1v) is 11.8. The Balaban J connectivity index is 1.17. The Kier molecular flexibility index (Phi) is 5.57. The average molecular weight is 443 g/mol. The number of nitrogens with zero attached hydrogens (tertiary/aromatic N) is 3. The van der Waals surface area contributed by atoms with Gasteiger partial charge in [-0.25, -0.2) is 0 Å². The number of amides is 1. The Labute approximate surface area is 188 Å². The zero-order valence-electron chi connectivity index (χ0n) is 18.3. The van der Waals surface area contributed by atoms with Crippen LogP contribution in [-0.4, -0.2) is 64.3 Å². The maximum Gasteiger partial charge on any atom is 0.226 e. The van der Waals surface area contributed by atoms with Crippen LogP contribution in [0.5, 0.6) is 0 Å². The summed E-state index contributed by atoms with van der Waals surface area (Å²) in [5, 5.41) is 8.16. The minimum atomic E-state index is 0.133. The fraction of sp³-hybridized carbons (Fsp3) is 0.583. The summed E-state index contributed by atoms with van der Waals surface area (Å²) in [5.74, 6) is 0.570. The number of benzene rings is 1. The topological polar surface area (TPSA) is 61.5 Å². The predicted molar refractivity (Wildman–Crippen MR) is 121 cm³/mol. The van der Waals surface area contributed by atoms with Gasteiger partial charge in [0.15, 0.2) is 0 Å². The van der Waals surface area contributed by atoms with E-state index in [-0.39, 0.29) is 23.5 Å². The van der Waals surface area contributed by atoms with Crippen LogP contribution in [0.15, 0.2) is 30.5 Å². The monoisotopic (exact) mass is 442 g/mol. The van der Waals surface area contributed by atoms with Crippen LogP contribution in [0, 0.1) is 11.3 Å². The summed E-state index contributed by atoms with van der Waals surface area (Å²) >= 11 is 6.03. The van der Waals surface area contributed by atoms with Crippen molar-refractivity contribution in [3.05, 3.63) is 41.0 Å². The van der Waals surface area contributed by atoms with E-state index >= 15 is 0 Å². The van der Waals surface area contributed by atoms with Gasteiger partial charge >= 0.3 is 0 Å². The lowest BCUT2D eigenvalue weighted by molar-refractivity contribution is -0.145. The molecule has 0 bridgehead atoms. The molecule has 5 rings (SSSR count). The summed E-state index contributed by atoms with van der Waals surface area (Å²) in [5.41, 5.74) is 3.60. The van der Waals surface area contributed by atoms with Gasteiger partial charge < -0.3 is 9.64 Å². The van der Waals surface area contributed by atoms with Crippen molar-refractivity contribution in [2.75, 3.05) is 26.2 Å². The van der Waals surface area contributed by atoms with Crippen LogP contribution in [0.1, 0.15) is 38.7 Å². The molecule has 3 fully saturated rings. The minimum absolute atomic E-state index is 0.133. The number of hydrogen-bond acceptors (Lipinski definition) is 4. The molecule has 31 heavy (non-hydrogen) atoms. The zero-order valence-corrected chi connectivity index (χ0v) is 19.1. The van der Waals surface area contributed by atoms with Crippen molar-refractivity contribution in [1.82, 2.24) is 20.0 Å². The van der Waals surface area contributed by atoms with Gasteiger partial charge in [0.25, 0.3) is 0 Å². The summed E-state index contributed by atoms with van der Waals surface area (Å²) in [6.07, 6.45) is 5.46. The number of H-pyrrole nitrogens is 1. The Hall–Kier alpha value is -1.89. The molecule has 1 aliphatic carbocycles. The number of carbonyl (C=O) groups is 1. The largest absolute Gasteiger partial charge is 0.372 e. The second-order valence-corrected chi connectivity index (χ2v) is 10.1. The van der Waals surface area contributed by atoms with Crippen molar-refractivity contribution in [3.8, 4) is 11.3 Å². The molecular weight excluding hydrogens is 412 g/mol. The SMILES string of the molecule is C[C@@H]1CN(C(=O)C2CC23CCN(Cc2cn[nH]c2-c2ccc(Cl)cc2)CC3)C[C@H](C)O1. The lowest BCUT2D eigenvalue weighted by Crippen LogP contribution is -2.49. The smallest absolute Gasteiger partial charge is 0.226 e. The van der Waals surface area contributed by atoms with E-state index in [1.807, 2.05) is 30.5 Å². The molecule has 3 atom stereocenters. The third-order valence-electron chi connectivity index (χ3n) is 7.32. The molecule has 2 aromatic rings. The fourth-order valence-corrected chi connectivity index (χ4v) is 5.65. The van der Waals surface area contributed by atoms with Crippen molar-refractivity contribution in [2.45, 2.75) is 51.9 Å². The van der Waals surface area contributed by atoms with E-state index in [4.69, 9.17) is 16.3 Å². The highest BCUT2D eigenvalue weighted by atomic mass is 35.5. The van der Waals surface area contributed by atoms with E-state index in [1.54, 1.807) is 0 Å². The molecule has 1 unspecified atom stereocenters. The molecule has 6 nitrogen and oxygen atoms in total. The first-order chi connectivity index (χ1) is 14.9. The summed E-state index contributed by atoms with van der Waals surface area (Å²) in [6, 6.07) is 7.87. The number of likely N-dealkylation sites (tertiary alicyclic amines) is 1. The van der Waals surface area contributed by atoms with Crippen molar-refractivity contribution >= 4 is 17.5 Å². The van der Waals surface area contributed by atoms with Crippen molar-refractivity contribution in [2.24, 2.45) is 11.3 Å². The lowest BCUT2D eigenvalue weighted by atomic mass is 9.90. The van der Waals surface area contributed by atoms with Crippen molar-refractivity contribution < 1.29 is 9.53 Å². The molecule has 1 aromatic heterocycles. The third kappa shape index (κ3) is 4.26. The van der Waals surface area contributed by atoms with Crippen molar-refractivity contribution in [1.29, 1.82) is 0 Å². The molecule has 1 N–H and O–H groups in total. The summed E-state index contributed by atoms with van der Waals surface area (Å²) in [6.45, 7) is 8.53. The third-order valence-corrected chi connectivity index (χ3v) is 7.57. The Morgan fingerprint density at radius 2 is 1.87 bits per heavy atom. The van der Waals surface area contributed by atoms with Crippen LogP contribution in [0.4, 0.5) is 0 Å². The lowest BCUT2D eigenvalue weighted by Gasteiger charge is -2.37. The van der Waals surface area contributed by atoms with Crippen molar-refractivity contribution in [3.63, 3.8) is 0 Å². The highest BCUT2D eigenvalue weighted by molar-refractivity contribution is 6.30. The number of ether oxygens (including phenoxy) is 1. The van der Waals surface area contributed by atoms with E-state index in [9.17, 15) is 4.79 Å². The molecule has 7 heteroatoms. The first-order valence-electron chi connectivity index (χ1n) is 11.4. The Bertz CT molecular complexity index is 925. The van der Waals surface area contributed by atoms with Crippen LogP contribution in [0.2, 0.25) is 5.02 Å². The normalized spacial score (nSPS) is 28.1. The van der Waals surface area contributed by atoms with Crippen LogP contribution in [0.25, 0.3) is 11.3 Å². The second kappa shape index (κ2) is 8.23. The molecule has 2 saturated heterocycles. The van der Waals surface area contributed by atoms with Gasteiger partial charge in [-0.2, -0.15) is 5.10 Å². The molecule has 3 heterocycles. The Morgan fingerprint density at radius 1 is 1.19 bits per heavy atom. The van der Waals surface area contributed by atoms with E-state index in [0.717, 1.165) is 68.3 Å². The quantitative estimate of drug-likeness (QED) is 0.778. The van der Waals surface area contributed by atoms with Gasteiger partial charge in [0.1, 0.15) is 0 Å². The van der Waals surface area contributed by atoms with E-state index in [0.29, 0.717) is 5.91 Å². The van der Waals surface area contributed by atoms with E-state index < -0.39 is 0 Å². The summed E-state index contributed by atoms with van der Waals surface area (Å²) < 4.78 is 5.80. The standard InChI is InChI=1S/C24H31ClN4O2/c1-16-13-29(14-17(2)31-16)23(30)21-11-24(21)7-9-28(10-8-24)15-19-12-26-27-22(19)18-3-5-20(25)6-4-18/h3-6,12,16-17,21H,7-11,13-15H2,1-2H3,(H,26,27)/t16-,17+,21?. The van der Waals surface area contributed by atoms with Gasteiger partial charge in [-0.15, -0.1) is 0 Å². The zero-order chi connectivity index (χ0) is 21.6. The molecule has 2 aliphatic heterocycles. The van der Waals surface area contributed by atoms with Gasteiger partial charge in [0.2, 0.25) is 5.91 Å². The first kappa shape index (κ1) is 21.0. The van der Waals surface area contributed by atoms with Gasteiger partial charge in [0, 0.05) is 36.1 Å². The molecule has 1 saturated carbocycles. The average Bonchev–Trinajstić information content (AvgIpc) is 3.24. The minimum Gasteiger partial charge on any atom is -0.372 e. The highest BCUT2D eigenvalue weighted by Crippen LogP contribution is 2.60. The number of carbonyl (C=O) groups excluding carboxylic acids is 1. The fourth-order valence-electron chi connectivity index (χ4n) is 5.52. The molecule has 1 spiro atoms. The van der Waals surface area contributed by atoms with Crippen LogP contribution < -0.4 is 0 Å². The van der Waals surface area contributed by atoms with Gasteiger partial charge in [-0.1, -0.05) is 23.7 Å². The van der Waals surface area contributed by atoms with Crippen LogP contribution >= 0.6 is 11.6 Å². The molecule has 3 aliphatic rings. The van der Waals surface area contributed by atoms with E-state index in [1.165, 1.54) is 5.56 Å². The number of morpholine rings is 1. The maximum atomic E-state index is 13.1. The summed E-state index contributed by atoms with van der Waals surface area (Å²) in [4.78, 5) is 17.7. The number of nitrogens with one attached hydrogen (secondary N) is 1. The van der Waals surface area contributed by atoms with E-state index in [2.05, 4.69) is 33.8 Å². The Morgan fingerprint density at radius 3 is 2.55 bits per heavy atom. The second-order valence-electron chi connectivity index (χ2n) is 9.67. The molecule has 0 radical (unpaired) electrons. The summed E-state index contributed by atoms with van der Waals surface area (Å²) in [7, 11) is 0. The number of halogens is 1. The number of aromatic nitrogens is 2. The number of aromatic amines is 1. The van der Waals surface area contributed by atoms with Gasteiger partial charge in [0.05, 0.1) is 24.1 Å². The molecule has 1 aromatic carbocycles. The van der Waals surface area contributed by atoms with Crippen LogP contribution in [-0.2, 0) is 16.1 Å². The number of rotatable bonds is 4. The van der Waals surface area contributed by atoms with Crippen LogP contribution in [0.3, 0.4) is 0 Å².